The van der Waals surface area contributed by atoms with Crippen LogP contribution in [0.4, 0.5) is 5.13 Å². The van der Waals surface area contributed by atoms with Gasteiger partial charge >= 0.3 is 0 Å². The van der Waals surface area contributed by atoms with Crippen molar-refractivity contribution >= 4 is 32.6 Å². The number of carbonyl (C=O) groups excluding carboxylic acids is 1. The van der Waals surface area contributed by atoms with Crippen molar-refractivity contribution in [2.45, 2.75) is 26.7 Å². The molecule has 0 unspecified atom stereocenters. The Morgan fingerprint density at radius 3 is 2.70 bits per heavy atom. The Hall–Kier alpha value is -2.28. The fourth-order valence-electron chi connectivity index (χ4n) is 3.76. The van der Waals surface area contributed by atoms with Gasteiger partial charge in [0.05, 0.1) is 29.9 Å². The van der Waals surface area contributed by atoms with Gasteiger partial charge in [-0.25, -0.2) is 4.98 Å². The Morgan fingerprint density at radius 1 is 1.13 bits per heavy atom. The highest BCUT2D eigenvalue weighted by Gasteiger charge is 2.21. The maximum atomic E-state index is 13.3. The molecule has 0 N–H and O–H groups in total. The van der Waals surface area contributed by atoms with Gasteiger partial charge in [-0.3, -0.25) is 14.6 Å². The number of thiazole rings is 1. The van der Waals surface area contributed by atoms with E-state index < -0.39 is 0 Å². The minimum atomic E-state index is 0.110. The third kappa shape index (κ3) is 5.06. The molecule has 6 heteroatoms. The number of benzene rings is 2. The summed E-state index contributed by atoms with van der Waals surface area (Å²) < 4.78 is 6.55. The summed E-state index contributed by atoms with van der Waals surface area (Å²) >= 11 is 1.60. The predicted molar refractivity (Wildman–Crippen MR) is 123 cm³/mol. The number of amides is 1. The number of nitrogens with zero attached hydrogens (tertiary/aromatic N) is 3. The first-order valence-corrected chi connectivity index (χ1v) is 11.4. The summed E-state index contributed by atoms with van der Waals surface area (Å²) in [5.41, 5.74) is 4.48. The first kappa shape index (κ1) is 21.0. The van der Waals surface area contributed by atoms with Gasteiger partial charge in [-0.2, -0.15) is 0 Å². The molecule has 158 valence electrons. The second kappa shape index (κ2) is 9.69. The van der Waals surface area contributed by atoms with Crippen molar-refractivity contribution in [1.29, 1.82) is 0 Å². The number of hydrogen-bond acceptors (Lipinski definition) is 5. The average molecular weight is 424 g/mol. The third-order valence-corrected chi connectivity index (χ3v) is 6.76. The lowest BCUT2D eigenvalue weighted by molar-refractivity contribution is -0.118. The first-order valence-electron chi connectivity index (χ1n) is 10.6. The molecule has 0 bridgehead atoms. The lowest BCUT2D eigenvalue weighted by Gasteiger charge is -2.27. The largest absolute Gasteiger partial charge is 0.379 e. The molecule has 0 radical (unpaired) electrons. The van der Waals surface area contributed by atoms with E-state index in [9.17, 15) is 4.79 Å². The molecule has 1 fully saturated rings. The van der Waals surface area contributed by atoms with Crippen LogP contribution in [0.5, 0.6) is 0 Å². The van der Waals surface area contributed by atoms with Crippen LogP contribution in [0.2, 0.25) is 0 Å². The van der Waals surface area contributed by atoms with Crippen LogP contribution < -0.4 is 4.90 Å². The molecule has 1 aliphatic heterocycles. The molecule has 2 heterocycles. The highest BCUT2D eigenvalue weighted by molar-refractivity contribution is 7.22. The summed E-state index contributed by atoms with van der Waals surface area (Å²) in [7, 11) is 0. The van der Waals surface area contributed by atoms with Crippen molar-refractivity contribution in [3.05, 3.63) is 59.2 Å². The Kier molecular flexibility index (Phi) is 6.77. The van der Waals surface area contributed by atoms with E-state index in [4.69, 9.17) is 9.72 Å². The second-order valence-electron chi connectivity index (χ2n) is 7.91. The number of aromatic nitrogens is 1. The molecule has 1 aromatic heterocycles. The summed E-state index contributed by atoms with van der Waals surface area (Å²) in [5.74, 6) is 0.110. The van der Waals surface area contributed by atoms with E-state index in [-0.39, 0.29) is 5.91 Å². The normalized spacial score (nSPS) is 14.9. The number of aryl methyl sites for hydroxylation is 2. The monoisotopic (exact) mass is 423 g/mol. The Balaban J connectivity index is 1.50. The van der Waals surface area contributed by atoms with Crippen molar-refractivity contribution in [3.8, 4) is 0 Å². The highest BCUT2D eigenvalue weighted by Crippen LogP contribution is 2.29. The summed E-state index contributed by atoms with van der Waals surface area (Å²) in [6, 6.07) is 14.4. The van der Waals surface area contributed by atoms with Crippen molar-refractivity contribution in [2.75, 3.05) is 44.3 Å². The molecule has 3 aromatic rings. The number of rotatable bonds is 7. The van der Waals surface area contributed by atoms with Gasteiger partial charge in [0.1, 0.15) is 0 Å². The average Bonchev–Trinajstić information content (AvgIpc) is 3.18. The fourth-order valence-corrected chi connectivity index (χ4v) is 4.77. The Bertz CT molecular complexity index is 978. The molecule has 5 nitrogen and oxygen atoms in total. The topological polar surface area (TPSA) is 45.7 Å². The van der Waals surface area contributed by atoms with Crippen LogP contribution in [0.3, 0.4) is 0 Å². The van der Waals surface area contributed by atoms with Gasteiger partial charge in [-0.1, -0.05) is 41.7 Å². The van der Waals surface area contributed by atoms with Gasteiger partial charge in [-0.05, 0) is 49.1 Å². The van der Waals surface area contributed by atoms with Crippen LogP contribution in [0.15, 0.2) is 42.5 Å². The number of morpholine rings is 1. The summed E-state index contributed by atoms with van der Waals surface area (Å²) in [6.07, 6.45) is 1.32. The number of carbonyl (C=O) groups is 1. The van der Waals surface area contributed by atoms with Crippen LogP contribution in [-0.4, -0.2) is 55.2 Å². The fraction of sp³-hybridized carbons (Fsp3) is 0.417. The van der Waals surface area contributed by atoms with E-state index in [1.54, 1.807) is 11.3 Å². The van der Waals surface area contributed by atoms with E-state index in [1.165, 1.54) is 11.1 Å². The zero-order valence-corrected chi connectivity index (χ0v) is 18.6. The Labute approximate surface area is 182 Å². The molecule has 2 aromatic carbocycles. The van der Waals surface area contributed by atoms with Gasteiger partial charge < -0.3 is 4.74 Å². The van der Waals surface area contributed by atoms with Crippen LogP contribution >= 0.6 is 11.3 Å². The maximum Gasteiger partial charge on any atom is 0.233 e. The third-order valence-electron chi connectivity index (χ3n) is 5.70. The van der Waals surface area contributed by atoms with E-state index >= 15 is 0 Å². The summed E-state index contributed by atoms with van der Waals surface area (Å²) in [5, 5.41) is 0.798. The quantitative estimate of drug-likeness (QED) is 0.571. The van der Waals surface area contributed by atoms with E-state index in [0.29, 0.717) is 13.0 Å². The van der Waals surface area contributed by atoms with E-state index in [0.717, 1.165) is 60.2 Å². The van der Waals surface area contributed by atoms with Gasteiger partial charge in [-0.15, -0.1) is 0 Å². The van der Waals surface area contributed by atoms with E-state index in [2.05, 4.69) is 43.0 Å². The highest BCUT2D eigenvalue weighted by atomic mass is 32.1. The molecule has 0 saturated carbocycles. The van der Waals surface area contributed by atoms with Crippen LogP contribution in [0, 0.1) is 13.8 Å². The summed E-state index contributed by atoms with van der Waals surface area (Å²) in [4.78, 5) is 22.4. The number of fused-ring (bicyclic) bond motifs is 1. The molecule has 1 aliphatic rings. The van der Waals surface area contributed by atoms with Crippen LogP contribution in [0.25, 0.3) is 10.2 Å². The van der Waals surface area contributed by atoms with Crippen molar-refractivity contribution in [1.82, 2.24) is 9.88 Å². The van der Waals surface area contributed by atoms with Crippen LogP contribution in [-0.2, 0) is 16.0 Å². The molecule has 30 heavy (non-hydrogen) atoms. The zero-order chi connectivity index (χ0) is 20.9. The molecule has 0 atom stereocenters. The minimum absolute atomic E-state index is 0.110. The number of anilines is 1. The molecule has 1 amide bonds. The van der Waals surface area contributed by atoms with Gasteiger partial charge in [0.15, 0.2) is 5.13 Å². The van der Waals surface area contributed by atoms with Crippen molar-refractivity contribution < 1.29 is 9.53 Å². The molecular weight excluding hydrogens is 394 g/mol. The molecule has 0 aliphatic carbocycles. The lowest BCUT2D eigenvalue weighted by Crippen LogP contribution is -2.39. The summed E-state index contributed by atoms with van der Waals surface area (Å²) in [6.45, 7) is 9.38. The molecular formula is C24H29N3O2S. The lowest BCUT2D eigenvalue weighted by atomic mass is 10.0. The minimum Gasteiger partial charge on any atom is -0.379 e. The maximum absolute atomic E-state index is 13.3. The first-order chi connectivity index (χ1) is 14.6. The molecule has 0 spiro atoms. The van der Waals surface area contributed by atoms with E-state index in [1.807, 2.05) is 23.1 Å². The standard InChI is InChI=1S/C24H29N3O2S/c1-18-8-9-20(16-19(18)2)17-23(28)27(11-5-10-26-12-14-29-15-13-26)24-25-21-6-3-4-7-22(21)30-24/h3-4,6-9,16H,5,10-15,17H2,1-2H3. The number of para-hydroxylation sites is 1. The number of hydrogen-bond donors (Lipinski definition) is 0. The molecule has 4 rings (SSSR count). The SMILES string of the molecule is Cc1ccc(CC(=O)N(CCCN2CCOCC2)c2nc3ccccc3s2)cc1C. The second-order valence-corrected chi connectivity index (χ2v) is 8.92. The van der Waals surface area contributed by atoms with Crippen molar-refractivity contribution in [3.63, 3.8) is 0 Å². The van der Waals surface area contributed by atoms with Gasteiger partial charge in [0.2, 0.25) is 5.91 Å². The van der Waals surface area contributed by atoms with Gasteiger partial charge in [0, 0.05) is 26.2 Å². The predicted octanol–water partition coefficient (Wildman–Crippen LogP) is 4.21. The smallest absolute Gasteiger partial charge is 0.233 e. The van der Waals surface area contributed by atoms with Crippen LogP contribution in [0.1, 0.15) is 23.1 Å². The Morgan fingerprint density at radius 2 is 1.93 bits per heavy atom. The number of ether oxygens (including phenoxy) is 1. The molecule has 1 saturated heterocycles. The zero-order valence-electron chi connectivity index (χ0n) is 17.8. The van der Waals surface area contributed by atoms with Gasteiger partial charge in [0.25, 0.3) is 0 Å². The van der Waals surface area contributed by atoms with Crippen molar-refractivity contribution in [2.24, 2.45) is 0 Å².